The maximum absolute atomic E-state index is 12.6. The Morgan fingerprint density at radius 1 is 0.604 bits per heavy atom. The minimum absolute atomic E-state index is 0.0463. The third-order valence-corrected chi connectivity index (χ3v) is 8.28. The van der Waals surface area contributed by atoms with Crippen molar-refractivity contribution in [3.05, 3.63) is 12.2 Å². The van der Waals surface area contributed by atoms with Gasteiger partial charge in [0.2, 0.25) is 0 Å². The van der Waals surface area contributed by atoms with Gasteiger partial charge in [0, 0.05) is 39.2 Å². The third kappa shape index (κ3) is 23.5. The van der Waals surface area contributed by atoms with Gasteiger partial charge in [-0.25, -0.2) is 0 Å². The Labute approximate surface area is 288 Å². The smallest absolute Gasteiger partial charge is 0.305 e. The van der Waals surface area contributed by atoms with E-state index in [0.29, 0.717) is 58.0 Å². The minimum Gasteiger partial charge on any atom is -0.465 e. The van der Waals surface area contributed by atoms with Crippen molar-refractivity contribution in [3.8, 4) is 0 Å². The molecule has 0 amide bonds. The Hall–Kier alpha value is -2.79. The van der Waals surface area contributed by atoms with Crippen LogP contribution in [-0.4, -0.2) is 94.8 Å². The van der Waals surface area contributed by atoms with Crippen LogP contribution in [0.1, 0.15) is 129 Å². The highest BCUT2D eigenvalue weighted by Gasteiger charge is 2.36. The maximum Gasteiger partial charge on any atom is 0.305 e. The van der Waals surface area contributed by atoms with Crippen LogP contribution in [0.3, 0.4) is 0 Å². The monoisotopic (exact) mass is 681 g/mol. The molecule has 0 bridgehead atoms. The van der Waals surface area contributed by atoms with Gasteiger partial charge >= 0.3 is 23.9 Å². The van der Waals surface area contributed by atoms with E-state index in [1.54, 1.807) is 0 Å². The molecule has 1 rings (SSSR count). The summed E-state index contributed by atoms with van der Waals surface area (Å²) in [4.78, 5) is 62.5. The number of methoxy groups -OCH3 is 1. The second-order valence-corrected chi connectivity index (χ2v) is 12.9. The first-order chi connectivity index (χ1) is 23.3. The van der Waals surface area contributed by atoms with Crippen LogP contribution in [0.25, 0.3) is 0 Å². The summed E-state index contributed by atoms with van der Waals surface area (Å²) in [6, 6.07) is 0. The van der Waals surface area contributed by atoms with Crippen LogP contribution in [0.4, 0.5) is 0 Å². The van der Waals surface area contributed by atoms with Crippen molar-refractivity contribution >= 4 is 30.2 Å². The molecule has 1 aliphatic heterocycles. The Bertz CT molecular complexity index is 918. The predicted molar refractivity (Wildman–Crippen MR) is 183 cm³/mol. The largest absolute Gasteiger partial charge is 0.465 e. The first-order valence-electron chi connectivity index (χ1n) is 18.3. The molecule has 0 aromatic carbocycles. The molecule has 11 heteroatoms. The lowest BCUT2D eigenvalue weighted by Crippen LogP contribution is -2.43. The molecule has 276 valence electrons. The van der Waals surface area contributed by atoms with Crippen molar-refractivity contribution in [1.82, 2.24) is 4.90 Å². The predicted octanol–water partition coefficient (Wildman–Crippen LogP) is 6.29. The van der Waals surface area contributed by atoms with E-state index in [0.717, 1.165) is 45.2 Å². The van der Waals surface area contributed by atoms with Crippen molar-refractivity contribution in [2.24, 2.45) is 5.41 Å². The van der Waals surface area contributed by atoms with Crippen LogP contribution >= 0.6 is 0 Å². The van der Waals surface area contributed by atoms with Crippen molar-refractivity contribution < 1.29 is 47.7 Å². The maximum atomic E-state index is 12.6. The van der Waals surface area contributed by atoms with Gasteiger partial charge in [0.05, 0.1) is 18.6 Å². The minimum atomic E-state index is -1.06. The third-order valence-electron chi connectivity index (χ3n) is 8.28. The molecule has 0 aromatic heterocycles. The highest BCUT2D eigenvalue weighted by Crippen LogP contribution is 2.22. The summed E-state index contributed by atoms with van der Waals surface area (Å²) >= 11 is 0. The van der Waals surface area contributed by atoms with Crippen molar-refractivity contribution in [2.75, 3.05) is 59.8 Å². The van der Waals surface area contributed by atoms with E-state index in [9.17, 15) is 24.0 Å². The average Bonchev–Trinajstić information content (AvgIpc) is 3.60. The van der Waals surface area contributed by atoms with Crippen LogP contribution in [0.15, 0.2) is 12.2 Å². The lowest BCUT2D eigenvalue weighted by Gasteiger charge is -2.31. The Morgan fingerprint density at radius 3 is 1.65 bits per heavy atom. The first kappa shape index (κ1) is 43.2. The van der Waals surface area contributed by atoms with Gasteiger partial charge in [0.15, 0.2) is 0 Å². The molecule has 1 aliphatic rings. The van der Waals surface area contributed by atoms with E-state index < -0.39 is 17.4 Å². The summed E-state index contributed by atoms with van der Waals surface area (Å²) < 4.78 is 27.4. The lowest BCUT2D eigenvalue weighted by atomic mass is 9.92. The molecule has 0 aliphatic carbocycles. The van der Waals surface area contributed by atoms with Crippen molar-refractivity contribution in [1.29, 1.82) is 0 Å². The number of carbonyl (C=O) groups is 5. The molecule has 1 saturated heterocycles. The lowest BCUT2D eigenvalue weighted by molar-refractivity contribution is -0.166. The number of hydrogen-bond acceptors (Lipinski definition) is 11. The number of rotatable bonds is 31. The van der Waals surface area contributed by atoms with Gasteiger partial charge in [-0.1, -0.05) is 44.8 Å². The molecule has 1 heterocycles. The summed E-state index contributed by atoms with van der Waals surface area (Å²) in [7, 11) is 1.49. The van der Waals surface area contributed by atoms with Gasteiger partial charge in [-0.3, -0.25) is 19.2 Å². The molecule has 0 saturated carbocycles. The molecule has 11 nitrogen and oxygen atoms in total. The summed E-state index contributed by atoms with van der Waals surface area (Å²) in [5.74, 6) is -1.44. The molecule has 1 fully saturated rings. The van der Waals surface area contributed by atoms with Gasteiger partial charge in [-0.2, -0.15) is 0 Å². The molecule has 1 atom stereocenters. The number of carbonyl (C=O) groups excluding carboxylic acids is 5. The number of esters is 4. The van der Waals surface area contributed by atoms with Crippen LogP contribution in [0.5, 0.6) is 0 Å². The van der Waals surface area contributed by atoms with E-state index in [1.165, 1.54) is 39.2 Å². The topological polar surface area (TPSA) is 135 Å². The normalized spacial score (nSPS) is 14.5. The van der Waals surface area contributed by atoms with Gasteiger partial charge in [-0.05, 0) is 83.8 Å². The van der Waals surface area contributed by atoms with Crippen LogP contribution in [0, 0.1) is 5.41 Å². The molecule has 48 heavy (non-hydrogen) atoms. The second-order valence-electron chi connectivity index (χ2n) is 12.9. The zero-order chi connectivity index (χ0) is 35.1. The zero-order valence-electron chi connectivity index (χ0n) is 29.9. The highest BCUT2D eigenvalue weighted by atomic mass is 16.6. The summed E-state index contributed by atoms with van der Waals surface area (Å²) in [5.41, 5.74) is -1.06. The number of likely N-dealkylation sites (tertiary alicyclic amines) is 1. The number of aldehydes is 1. The van der Waals surface area contributed by atoms with Crippen molar-refractivity contribution in [2.45, 2.75) is 129 Å². The number of ether oxygens (including phenoxy) is 5. The number of nitrogens with zero attached hydrogens (tertiary/aromatic N) is 1. The average molecular weight is 682 g/mol. The Morgan fingerprint density at radius 2 is 1.10 bits per heavy atom. The molecule has 1 unspecified atom stereocenters. The van der Waals surface area contributed by atoms with E-state index >= 15 is 0 Å². The molecule has 0 N–H and O–H groups in total. The van der Waals surface area contributed by atoms with Gasteiger partial charge < -0.3 is 33.4 Å². The zero-order valence-corrected chi connectivity index (χ0v) is 29.9. The van der Waals surface area contributed by atoms with Crippen LogP contribution in [-0.2, 0) is 47.7 Å². The summed E-state index contributed by atoms with van der Waals surface area (Å²) in [6.07, 6.45) is 18.8. The fraction of sp³-hybridized carbons (Fsp3) is 0.811. The SMILES string of the molecule is CCCCC/C=C\CCOC(=O)CCCCCC(=O)OCC(COC)(COC(=O)CCCCCC=O)COC(=O)CCCN1CCCC1. The highest BCUT2D eigenvalue weighted by molar-refractivity contribution is 5.71. The van der Waals surface area contributed by atoms with Crippen molar-refractivity contribution in [3.63, 3.8) is 0 Å². The standard InChI is InChI=1S/C37H63NO10/c1-3-4-5-6-7-10-18-28-45-33(40)20-13-11-14-22-35(42)47-31-37(29-44-2,30-46-34(41)21-12-8-9-17-27-39)32-48-36(43)23-19-26-38-24-15-16-25-38/h7,10,27H,3-6,8-9,11-26,28-32H2,1-2H3/b10-7-. The summed E-state index contributed by atoms with van der Waals surface area (Å²) in [6.45, 7) is 5.16. The number of allylic oxidation sites excluding steroid dienone is 1. The van der Waals surface area contributed by atoms with Gasteiger partial charge in [-0.15, -0.1) is 0 Å². The quantitative estimate of drug-likeness (QED) is 0.0268. The van der Waals surface area contributed by atoms with Gasteiger partial charge in [0.1, 0.15) is 26.1 Å². The second kappa shape index (κ2) is 29.2. The fourth-order valence-corrected chi connectivity index (χ4v) is 5.38. The van der Waals surface area contributed by atoms with Crippen LogP contribution < -0.4 is 0 Å². The Kier molecular flexibility index (Phi) is 26.3. The molecule has 0 radical (unpaired) electrons. The summed E-state index contributed by atoms with van der Waals surface area (Å²) in [5, 5.41) is 0. The molecule has 0 spiro atoms. The molecule has 0 aromatic rings. The molecular weight excluding hydrogens is 618 g/mol. The number of hydrogen-bond donors (Lipinski definition) is 0. The molecular formula is C37H63NO10. The van der Waals surface area contributed by atoms with E-state index in [2.05, 4.69) is 24.0 Å². The fourth-order valence-electron chi connectivity index (χ4n) is 5.38. The van der Waals surface area contributed by atoms with Crippen LogP contribution in [0.2, 0.25) is 0 Å². The van der Waals surface area contributed by atoms with E-state index in [1.807, 2.05) is 0 Å². The van der Waals surface area contributed by atoms with E-state index in [-0.39, 0.29) is 57.6 Å². The number of unbranched alkanes of at least 4 members (excludes halogenated alkanes) is 8. The first-order valence-corrected chi connectivity index (χ1v) is 18.3. The van der Waals surface area contributed by atoms with E-state index in [4.69, 9.17) is 23.7 Å². The van der Waals surface area contributed by atoms with Gasteiger partial charge in [0.25, 0.3) is 0 Å². The Balaban J connectivity index is 2.49.